The van der Waals surface area contributed by atoms with E-state index in [2.05, 4.69) is 10.6 Å². The van der Waals surface area contributed by atoms with Crippen LogP contribution in [0.2, 0.25) is 0 Å². The summed E-state index contributed by atoms with van der Waals surface area (Å²) in [6, 6.07) is -0.669. The van der Waals surface area contributed by atoms with Crippen LogP contribution >= 0.6 is 0 Å². The number of fused-ring (bicyclic) bond motifs is 1. The van der Waals surface area contributed by atoms with Crippen molar-refractivity contribution in [1.82, 2.24) is 20.4 Å². The summed E-state index contributed by atoms with van der Waals surface area (Å²) in [5.74, 6) is 0.625. The molecule has 9 nitrogen and oxygen atoms in total. The molecular weight excluding hydrogens is 300 g/mol. The van der Waals surface area contributed by atoms with Crippen LogP contribution in [0.5, 0.6) is 0 Å². The van der Waals surface area contributed by atoms with Crippen molar-refractivity contribution < 1.29 is 23.8 Å². The van der Waals surface area contributed by atoms with E-state index in [4.69, 9.17) is 4.74 Å². The maximum atomic E-state index is 12.4. The summed E-state index contributed by atoms with van der Waals surface area (Å²) >= 11 is 0. The summed E-state index contributed by atoms with van der Waals surface area (Å²) in [5.41, 5.74) is 0. The molecule has 0 aromatic heterocycles. The number of quaternary nitrogens is 1. The predicted octanol–water partition coefficient (Wildman–Crippen LogP) is -3.69. The van der Waals surface area contributed by atoms with Crippen molar-refractivity contribution in [1.29, 1.82) is 0 Å². The zero-order valence-corrected chi connectivity index (χ0v) is 14.0. The summed E-state index contributed by atoms with van der Waals surface area (Å²) in [6.07, 6.45) is -0.325. The Labute approximate surface area is 135 Å². The molecule has 0 aliphatic carbocycles. The summed E-state index contributed by atoms with van der Waals surface area (Å²) in [5, 5.41) is 6.63. The molecule has 0 radical (unpaired) electrons. The number of hydrogen-bond acceptors (Lipinski definition) is 5. The van der Waals surface area contributed by atoms with Crippen LogP contribution < -0.4 is 15.5 Å². The molecule has 0 spiro atoms. The Balaban J connectivity index is 1.61. The Hall–Kier alpha value is -1.87. The number of hydrogen-bond donors (Lipinski definition) is 3. The van der Waals surface area contributed by atoms with Crippen molar-refractivity contribution in [3.8, 4) is 0 Å². The number of guanidine groups is 1. The summed E-state index contributed by atoms with van der Waals surface area (Å²) in [6.45, 7) is 5.52. The molecule has 23 heavy (non-hydrogen) atoms. The van der Waals surface area contributed by atoms with E-state index >= 15 is 0 Å². The molecular formula is C14H26N6O3+2. The van der Waals surface area contributed by atoms with E-state index in [0.29, 0.717) is 0 Å². The Morgan fingerprint density at radius 2 is 2.04 bits per heavy atom. The van der Waals surface area contributed by atoms with E-state index in [0.717, 1.165) is 45.4 Å². The SMILES string of the molecule is CN1C(=O)[C@H]2[C@@H](NC(NCC[NH+]3CCOCC3)=[N+]2C)N(C)C1=O. The molecule has 3 aliphatic rings. The molecule has 2 atom stereocenters. The van der Waals surface area contributed by atoms with Gasteiger partial charge in [-0.25, -0.2) is 4.79 Å². The fourth-order valence-corrected chi connectivity index (χ4v) is 3.37. The van der Waals surface area contributed by atoms with Gasteiger partial charge in [0.1, 0.15) is 26.2 Å². The normalized spacial score (nSPS) is 29.0. The number of imide groups is 1. The highest BCUT2D eigenvalue weighted by molar-refractivity contribution is 6.01. The summed E-state index contributed by atoms with van der Waals surface area (Å²) in [4.78, 5) is 28.7. The van der Waals surface area contributed by atoms with Crippen molar-refractivity contribution in [2.45, 2.75) is 12.2 Å². The van der Waals surface area contributed by atoms with Gasteiger partial charge in [-0.2, -0.15) is 0 Å². The highest BCUT2D eigenvalue weighted by Gasteiger charge is 2.52. The quantitative estimate of drug-likeness (QED) is 0.465. The molecule has 0 saturated carbocycles. The van der Waals surface area contributed by atoms with Crippen molar-refractivity contribution in [2.24, 2.45) is 0 Å². The summed E-state index contributed by atoms with van der Waals surface area (Å²) in [7, 11) is 5.11. The second kappa shape index (κ2) is 6.32. The number of carbonyl (C=O) groups is 2. The largest absolute Gasteiger partial charge is 0.370 e. The van der Waals surface area contributed by atoms with Crippen molar-refractivity contribution in [3.05, 3.63) is 0 Å². The maximum Gasteiger partial charge on any atom is 0.348 e. The van der Waals surface area contributed by atoms with Crippen LogP contribution in [0.25, 0.3) is 0 Å². The number of nitrogens with one attached hydrogen (secondary N) is 3. The smallest absolute Gasteiger partial charge is 0.348 e. The lowest BCUT2D eigenvalue weighted by molar-refractivity contribution is -0.906. The average molecular weight is 326 g/mol. The van der Waals surface area contributed by atoms with Gasteiger partial charge in [-0.15, -0.1) is 0 Å². The molecule has 0 unspecified atom stereocenters. The molecule has 3 aliphatic heterocycles. The monoisotopic (exact) mass is 326 g/mol. The first-order chi connectivity index (χ1) is 11.0. The predicted molar refractivity (Wildman–Crippen MR) is 82.2 cm³/mol. The third-order valence-electron chi connectivity index (χ3n) is 4.91. The van der Waals surface area contributed by atoms with Gasteiger partial charge in [0.25, 0.3) is 5.91 Å². The van der Waals surface area contributed by atoms with Crippen LogP contribution in [0.3, 0.4) is 0 Å². The minimum absolute atomic E-state index is 0.177. The van der Waals surface area contributed by atoms with Crippen molar-refractivity contribution in [3.63, 3.8) is 0 Å². The van der Waals surface area contributed by atoms with Gasteiger partial charge in [-0.3, -0.25) is 29.8 Å². The van der Waals surface area contributed by atoms with E-state index in [1.165, 1.54) is 16.8 Å². The van der Waals surface area contributed by atoms with Gasteiger partial charge in [-0.1, -0.05) is 0 Å². The van der Waals surface area contributed by atoms with Crippen LogP contribution in [-0.4, -0.2) is 105 Å². The van der Waals surface area contributed by atoms with Gasteiger partial charge < -0.3 is 9.64 Å². The van der Waals surface area contributed by atoms with Crippen LogP contribution in [0.4, 0.5) is 4.79 Å². The number of carbonyl (C=O) groups excluding carboxylic acids is 2. The third-order valence-corrected chi connectivity index (χ3v) is 4.91. The van der Waals surface area contributed by atoms with E-state index in [1.807, 2.05) is 11.6 Å². The Kier molecular flexibility index (Phi) is 4.40. The van der Waals surface area contributed by atoms with Gasteiger partial charge in [0.05, 0.1) is 20.3 Å². The topological polar surface area (TPSA) is 81.4 Å². The summed E-state index contributed by atoms with van der Waals surface area (Å²) < 4.78 is 7.25. The van der Waals surface area contributed by atoms with Crippen molar-refractivity contribution in [2.75, 3.05) is 60.5 Å². The van der Waals surface area contributed by atoms with E-state index in [1.54, 1.807) is 11.9 Å². The first-order valence-corrected chi connectivity index (χ1v) is 8.06. The Bertz CT molecular complexity index is 531. The molecule has 0 aromatic carbocycles. The van der Waals surface area contributed by atoms with E-state index in [9.17, 15) is 9.59 Å². The molecule has 3 rings (SSSR count). The van der Waals surface area contributed by atoms with Gasteiger partial charge in [0.2, 0.25) is 6.04 Å². The lowest BCUT2D eigenvalue weighted by atomic mass is 10.1. The molecule has 128 valence electrons. The van der Waals surface area contributed by atoms with Gasteiger partial charge in [-0.05, 0) is 0 Å². The zero-order valence-electron chi connectivity index (χ0n) is 14.0. The number of rotatable bonds is 3. The second-order valence-electron chi connectivity index (χ2n) is 6.32. The molecule has 3 N–H and O–H groups in total. The first kappa shape index (κ1) is 16.0. The fourth-order valence-electron chi connectivity index (χ4n) is 3.37. The molecule has 0 bridgehead atoms. The molecule has 2 saturated heterocycles. The molecule has 3 amide bonds. The third kappa shape index (κ3) is 2.86. The fraction of sp³-hybridized carbons (Fsp3) is 0.786. The molecule has 2 fully saturated rings. The molecule has 0 aromatic rings. The minimum Gasteiger partial charge on any atom is -0.370 e. The first-order valence-electron chi connectivity index (χ1n) is 8.06. The lowest BCUT2D eigenvalue weighted by Gasteiger charge is -2.35. The molecule has 3 heterocycles. The van der Waals surface area contributed by atoms with Crippen LogP contribution in [0.1, 0.15) is 0 Å². The lowest BCUT2D eigenvalue weighted by Crippen LogP contribution is -3.14. The van der Waals surface area contributed by atoms with Crippen LogP contribution in [-0.2, 0) is 9.53 Å². The van der Waals surface area contributed by atoms with Gasteiger partial charge in [0.15, 0.2) is 6.17 Å². The number of nitrogens with zero attached hydrogens (tertiary/aromatic N) is 3. The van der Waals surface area contributed by atoms with E-state index in [-0.39, 0.29) is 24.1 Å². The van der Waals surface area contributed by atoms with E-state index < -0.39 is 0 Å². The highest BCUT2D eigenvalue weighted by atomic mass is 16.5. The number of urea groups is 1. The average Bonchev–Trinajstić information content (AvgIpc) is 2.89. The number of likely N-dealkylation sites (N-methyl/N-ethyl adjacent to an activating group) is 3. The standard InChI is InChI=1S/C14H24N6O3/c1-17-10-11(18(2)14(22)19(3)12(10)21)16-13(17)15-4-5-20-6-8-23-9-7-20/h10-11H,4-9H2,1-3H3,(H,15,16)/p+2/t10-,11+/m1/s1. The van der Waals surface area contributed by atoms with Crippen molar-refractivity contribution >= 4 is 17.9 Å². The van der Waals surface area contributed by atoms with Gasteiger partial charge in [0, 0.05) is 14.1 Å². The molecule has 9 heteroatoms. The number of ether oxygens (including phenoxy) is 1. The number of morpholine rings is 1. The number of amides is 3. The highest BCUT2D eigenvalue weighted by Crippen LogP contribution is 2.18. The minimum atomic E-state index is -0.388. The Morgan fingerprint density at radius 1 is 1.35 bits per heavy atom. The maximum absolute atomic E-state index is 12.4. The van der Waals surface area contributed by atoms with Gasteiger partial charge >= 0.3 is 12.0 Å². The van der Waals surface area contributed by atoms with Crippen LogP contribution in [0.15, 0.2) is 0 Å². The zero-order chi connectivity index (χ0) is 16.6. The van der Waals surface area contributed by atoms with Crippen LogP contribution in [0, 0.1) is 0 Å². The second-order valence-corrected chi connectivity index (χ2v) is 6.32. The Morgan fingerprint density at radius 3 is 2.74 bits per heavy atom.